The van der Waals surface area contributed by atoms with E-state index in [2.05, 4.69) is 54.7 Å². The van der Waals surface area contributed by atoms with Crippen LogP contribution in [-0.4, -0.2) is 15.4 Å². The second-order valence-corrected chi connectivity index (χ2v) is 8.37. The molecular weight excluding hydrogens is 288 g/mol. The van der Waals surface area contributed by atoms with Gasteiger partial charge in [-0.3, -0.25) is 0 Å². The summed E-state index contributed by atoms with van der Waals surface area (Å²) in [5, 5.41) is 1.67. The number of hydrogen-bond donors (Lipinski definition) is 0. The van der Waals surface area contributed by atoms with Crippen LogP contribution in [0.25, 0.3) is 0 Å². The maximum absolute atomic E-state index is 5.66. The summed E-state index contributed by atoms with van der Waals surface area (Å²) < 4.78 is 1.48. The van der Waals surface area contributed by atoms with Gasteiger partial charge in [0.1, 0.15) is 0 Å². The topological polar surface area (TPSA) is 0 Å². The third-order valence-corrected chi connectivity index (χ3v) is 7.91. The van der Waals surface area contributed by atoms with Gasteiger partial charge in [0.05, 0.1) is 0 Å². The summed E-state index contributed by atoms with van der Waals surface area (Å²) in [7, 11) is 0. The Morgan fingerprint density at radius 2 is 1.63 bits per heavy atom. The van der Waals surface area contributed by atoms with Crippen molar-refractivity contribution in [3.05, 3.63) is 45.7 Å². The molecule has 2 aliphatic rings. The van der Waals surface area contributed by atoms with Crippen molar-refractivity contribution in [1.29, 1.82) is 0 Å². The standard InChI is InChI=1S/C16H18S3/c1-11(15(17)12-7-3-2-4-8-12)16-18-13-9-5-6-10-14(13)19-16/h2-4,7-8,13-14H,5-6,9-10H2,1H3/t13-,14-/m0/s1. The highest BCUT2D eigenvalue weighted by Crippen LogP contribution is 2.53. The van der Waals surface area contributed by atoms with Gasteiger partial charge in [-0.05, 0) is 30.9 Å². The molecule has 1 aliphatic carbocycles. The third-order valence-electron chi connectivity index (χ3n) is 3.84. The van der Waals surface area contributed by atoms with Gasteiger partial charge in [0.25, 0.3) is 0 Å². The van der Waals surface area contributed by atoms with Crippen LogP contribution in [-0.2, 0) is 0 Å². The molecule has 0 radical (unpaired) electrons. The Bertz CT molecular complexity index is 488. The Morgan fingerprint density at radius 3 is 2.21 bits per heavy atom. The first-order valence-electron chi connectivity index (χ1n) is 6.89. The SMILES string of the molecule is CC(C(=S)c1ccccc1)=C1S[C@H]2CCCC[C@@H]2S1. The minimum atomic E-state index is 0.835. The highest BCUT2D eigenvalue weighted by atomic mass is 32.2. The Balaban J connectivity index is 1.81. The van der Waals surface area contributed by atoms with Crippen molar-refractivity contribution in [3.63, 3.8) is 0 Å². The number of benzene rings is 1. The molecule has 0 nitrogen and oxygen atoms in total. The van der Waals surface area contributed by atoms with E-state index in [0.717, 1.165) is 15.4 Å². The molecule has 3 heteroatoms. The Hall–Kier alpha value is -0.250. The molecular formula is C16H18S3. The first-order valence-corrected chi connectivity index (χ1v) is 9.06. The molecule has 0 spiro atoms. The number of thioether (sulfide) groups is 2. The lowest BCUT2D eigenvalue weighted by Crippen LogP contribution is -2.19. The Kier molecular flexibility index (Phi) is 4.35. The average molecular weight is 307 g/mol. The first kappa shape index (κ1) is 13.7. The maximum Gasteiger partial charge on any atom is 0.0495 e. The van der Waals surface area contributed by atoms with Crippen molar-refractivity contribution in [2.75, 3.05) is 0 Å². The lowest BCUT2D eigenvalue weighted by molar-refractivity contribution is 0.532. The van der Waals surface area contributed by atoms with Crippen LogP contribution in [0.3, 0.4) is 0 Å². The van der Waals surface area contributed by atoms with Crippen LogP contribution in [0.4, 0.5) is 0 Å². The van der Waals surface area contributed by atoms with Gasteiger partial charge in [-0.25, -0.2) is 0 Å². The van der Waals surface area contributed by atoms with Crippen LogP contribution in [0.5, 0.6) is 0 Å². The van der Waals surface area contributed by atoms with E-state index < -0.39 is 0 Å². The van der Waals surface area contributed by atoms with Crippen LogP contribution < -0.4 is 0 Å². The van der Waals surface area contributed by atoms with Gasteiger partial charge in [0.2, 0.25) is 0 Å². The lowest BCUT2D eigenvalue weighted by atomic mass is 10.00. The molecule has 2 fully saturated rings. The number of thiocarbonyl (C=S) groups is 1. The number of hydrogen-bond acceptors (Lipinski definition) is 3. The molecule has 1 heterocycles. The second kappa shape index (κ2) is 6.02. The van der Waals surface area contributed by atoms with E-state index in [9.17, 15) is 0 Å². The molecule has 0 bridgehead atoms. The zero-order valence-electron chi connectivity index (χ0n) is 11.1. The summed E-state index contributed by atoms with van der Waals surface area (Å²) in [5.74, 6) is 0. The van der Waals surface area contributed by atoms with Crippen molar-refractivity contribution in [2.45, 2.75) is 43.1 Å². The minimum Gasteiger partial charge on any atom is -0.114 e. The number of allylic oxidation sites excluding steroid dienone is 1. The van der Waals surface area contributed by atoms with E-state index in [1.165, 1.54) is 41.1 Å². The predicted octanol–water partition coefficient (Wildman–Crippen LogP) is 5.43. The molecule has 1 aromatic carbocycles. The maximum atomic E-state index is 5.66. The molecule has 0 amide bonds. The van der Waals surface area contributed by atoms with Crippen molar-refractivity contribution in [3.8, 4) is 0 Å². The fraction of sp³-hybridized carbons (Fsp3) is 0.438. The first-order chi connectivity index (χ1) is 9.25. The normalized spacial score (nSPS) is 26.1. The van der Waals surface area contributed by atoms with Crippen LogP contribution in [0.15, 0.2) is 40.1 Å². The van der Waals surface area contributed by atoms with Crippen LogP contribution in [0.1, 0.15) is 38.2 Å². The van der Waals surface area contributed by atoms with Crippen molar-refractivity contribution in [1.82, 2.24) is 0 Å². The van der Waals surface area contributed by atoms with Gasteiger partial charge in [0, 0.05) is 19.6 Å². The molecule has 1 saturated carbocycles. The van der Waals surface area contributed by atoms with Gasteiger partial charge < -0.3 is 0 Å². The van der Waals surface area contributed by atoms with E-state index in [-0.39, 0.29) is 0 Å². The molecule has 2 atom stereocenters. The number of rotatable bonds is 2. The largest absolute Gasteiger partial charge is 0.114 e. The van der Waals surface area contributed by atoms with Crippen LogP contribution in [0, 0.1) is 0 Å². The monoisotopic (exact) mass is 306 g/mol. The van der Waals surface area contributed by atoms with Crippen molar-refractivity contribution >= 4 is 40.6 Å². The third kappa shape index (κ3) is 2.93. The zero-order chi connectivity index (χ0) is 13.2. The summed E-state index contributed by atoms with van der Waals surface area (Å²) in [6.07, 6.45) is 5.59. The second-order valence-electron chi connectivity index (χ2n) is 5.20. The fourth-order valence-corrected chi connectivity index (χ4v) is 6.63. The highest BCUT2D eigenvalue weighted by Gasteiger charge is 2.35. The van der Waals surface area contributed by atoms with Gasteiger partial charge in [-0.15, -0.1) is 23.5 Å². The summed E-state index contributed by atoms with van der Waals surface area (Å²) in [6.45, 7) is 2.20. The van der Waals surface area contributed by atoms with E-state index in [1.54, 1.807) is 0 Å². The summed E-state index contributed by atoms with van der Waals surface area (Å²) in [5.41, 5.74) is 2.49. The molecule has 1 aliphatic heterocycles. The Morgan fingerprint density at radius 1 is 1.05 bits per heavy atom. The minimum absolute atomic E-state index is 0.835. The van der Waals surface area contributed by atoms with E-state index in [4.69, 9.17) is 12.2 Å². The van der Waals surface area contributed by atoms with Crippen LogP contribution in [0.2, 0.25) is 0 Å². The summed E-state index contributed by atoms with van der Waals surface area (Å²) >= 11 is 9.82. The average Bonchev–Trinajstić information content (AvgIpc) is 2.90. The van der Waals surface area contributed by atoms with E-state index in [1.807, 2.05) is 6.07 Å². The van der Waals surface area contributed by atoms with Crippen molar-refractivity contribution < 1.29 is 0 Å². The lowest BCUT2D eigenvalue weighted by Gasteiger charge is -2.21. The van der Waals surface area contributed by atoms with Gasteiger partial charge in [-0.1, -0.05) is 55.4 Å². The van der Waals surface area contributed by atoms with Crippen LogP contribution >= 0.6 is 35.7 Å². The molecule has 19 heavy (non-hydrogen) atoms. The van der Waals surface area contributed by atoms with Gasteiger partial charge in [-0.2, -0.15) is 0 Å². The number of fused-ring (bicyclic) bond motifs is 1. The van der Waals surface area contributed by atoms with Gasteiger partial charge in [0.15, 0.2) is 0 Å². The quantitative estimate of drug-likeness (QED) is 0.406. The molecule has 1 aromatic rings. The molecule has 0 unspecified atom stereocenters. The van der Waals surface area contributed by atoms with Gasteiger partial charge >= 0.3 is 0 Å². The molecule has 3 rings (SSSR count). The molecule has 0 aromatic heterocycles. The molecule has 1 saturated heterocycles. The summed E-state index contributed by atoms with van der Waals surface area (Å²) in [4.78, 5) is 1.02. The molecule has 0 N–H and O–H groups in total. The van der Waals surface area contributed by atoms with Crippen molar-refractivity contribution in [2.24, 2.45) is 0 Å². The smallest absolute Gasteiger partial charge is 0.0495 e. The Labute approximate surface area is 129 Å². The van der Waals surface area contributed by atoms with E-state index in [0.29, 0.717) is 0 Å². The fourth-order valence-electron chi connectivity index (χ4n) is 2.71. The van der Waals surface area contributed by atoms with E-state index >= 15 is 0 Å². The highest BCUT2D eigenvalue weighted by molar-refractivity contribution is 8.26. The molecule has 100 valence electrons. The predicted molar refractivity (Wildman–Crippen MR) is 92.1 cm³/mol. The summed E-state index contributed by atoms with van der Waals surface area (Å²) in [6, 6.07) is 10.4. The zero-order valence-corrected chi connectivity index (χ0v) is 13.5.